The van der Waals surface area contributed by atoms with Gasteiger partial charge in [-0.2, -0.15) is 5.10 Å². The van der Waals surface area contributed by atoms with Gasteiger partial charge in [-0.1, -0.05) is 30.3 Å². The lowest BCUT2D eigenvalue weighted by molar-refractivity contribution is 0.0793. The van der Waals surface area contributed by atoms with E-state index >= 15 is 0 Å². The van der Waals surface area contributed by atoms with Gasteiger partial charge in [0.05, 0.1) is 6.10 Å². The van der Waals surface area contributed by atoms with Crippen LogP contribution in [0.1, 0.15) is 24.4 Å². The van der Waals surface area contributed by atoms with Crippen molar-refractivity contribution in [3.05, 3.63) is 48.0 Å². The van der Waals surface area contributed by atoms with E-state index in [0.29, 0.717) is 6.42 Å². The van der Waals surface area contributed by atoms with Gasteiger partial charge in [0, 0.05) is 26.1 Å². The summed E-state index contributed by atoms with van der Waals surface area (Å²) in [5.74, 6) is 0.896. The summed E-state index contributed by atoms with van der Waals surface area (Å²) in [6.45, 7) is 2.83. The first-order valence-electron chi connectivity index (χ1n) is 6.46. The molecular formula is C14H20N4O. The largest absolute Gasteiger partial charge is 0.375 e. The Labute approximate surface area is 113 Å². The Hall–Kier alpha value is -1.72. The van der Waals surface area contributed by atoms with Crippen LogP contribution in [0.4, 0.5) is 0 Å². The Kier molecular flexibility index (Phi) is 4.65. The molecule has 0 aliphatic carbocycles. The van der Waals surface area contributed by atoms with E-state index < -0.39 is 0 Å². The van der Waals surface area contributed by atoms with Crippen molar-refractivity contribution in [1.82, 2.24) is 14.8 Å². The van der Waals surface area contributed by atoms with Gasteiger partial charge in [0.25, 0.3) is 0 Å². The summed E-state index contributed by atoms with van der Waals surface area (Å²) in [6.07, 6.45) is 2.07. The molecule has 1 heterocycles. The maximum Gasteiger partial charge on any atom is 0.138 e. The third-order valence-electron chi connectivity index (χ3n) is 3.18. The van der Waals surface area contributed by atoms with E-state index in [9.17, 15) is 0 Å². The van der Waals surface area contributed by atoms with Crippen molar-refractivity contribution in [2.75, 3.05) is 7.11 Å². The van der Waals surface area contributed by atoms with Crippen LogP contribution in [0.25, 0.3) is 0 Å². The number of methoxy groups -OCH3 is 1. The molecule has 2 unspecified atom stereocenters. The highest BCUT2D eigenvalue weighted by atomic mass is 16.5. The second kappa shape index (κ2) is 6.45. The van der Waals surface area contributed by atoms with Crippen LogP contribution in [0.5, 0.6) is 0 Å². The lowest BCUT2D eigenvalue weighted by Crippen LogP contribution is -2.33. The molecule has 2 atom stereocenters. The topological polar surface area (TPSA) is 66.0 Å². The van der Waals surface area contributed by atoms with E-state index in [1.807, 2.05) is 41.9 Å². The predicted octanol–water partition coefficient (Wildman–Crippen LogP) is 1.56. The van der Waals surface area contributed by atoms with Crippen LogP contribution in [-0.4, -0.2) is 27.9 Å². The van der Waals surface area contributed by atoms with Crippen molar-refractivity contribution >= 4 is 0 Å². The zero-order valence-corrected chi connectivity index (χ0v) is 11.4. The van der Waals surface area contributed by atoms with Crippen molar-refractivity contribution in [2.45, 2.75) is 32.0 Å². The van der Waals surface area contributed by atoms with E-state index in [1.165, 1.54) is 0 Å². The van der Waals surface area contributed by atoms with E-state index in [1.54, 1.807) is 13.4 Å². The first-order valence-corrected chi connectivity index (χ1v) is 6.46. The van der Waals surface area contributed by atoms with Gasteiger partial charge in [-0.15, -0.1) is 0 Å². The van der Waals surface area contributed by atoms with Crippen LogP contribution in [0.2, 0.25) is 0 Å². The van der Waals surface area contributed by atoms with E-state index in [0.717, 1.165) is 17.9 Å². The molecule has 0 fully saturated rings. The molecule has 2 rings (SSSR count). The van der Waals surface area contributed by atoms with Crippen molar-refractivity contribution in [2.24, 2.45) is 5.73 Å². The number of hydrogen-bond donors (Lipinski definition) is 1. The van der Waals surface area contributed by atoms with Gasteiger partial charge in [0.1, 0.15) is 12.2 Å². The molecule has 0 radical (unpaired) electrons. The van der Waals surface area contributed by atoms with Gasteiger partial charge in [0.2, 0.25) is 0 Å². The molecule has 0 bridgehead atoms. The molecule has 5 heteroatoms. The smallest absolute Gasteiger partial charge is 0.138 e. The molecule has 2 N–H and O–H groups in total. The lowest BCUT2D eigenvalue weighted by Gasteiger charge is -2.22. The second-order valence-corrected chi connectivity index (χ2v) is 4.43. The Bertz CT molecular complexity index is 497. The van der Waals surface area contributed by atoms with Gasteiger partial charge >= 0.3 is 0 Å². The van der Waals surface area contributed by atoms with Crippen LogP contribution >= 0.6 is 0 Å². The molecule has 5 nitrogen and oxygen atoms in total. The van der Waals surface area contributed by atoms with Crippen LogP contribution in [0, 0.1) is 0 Å². The molecule has 0 aliphatic rings. The summed E-state index contributed by atoms with van der Waals surface area (Å²) in [5, 5.41) is 4.15. The van der Waals surface area contributed by atoms with Crippen LogP contribution in [-0.2, 0) is 17.7 Å². The number of ether oxygens (including phenoxy) is 1. The molecule has 102 valence electrons. The maximum atomic E-state index is 6.27. The summed E-state index contributed by atoms with van der Waals surface area (Å²) in [4.78, 5) is 4.25. The first-order chi connectivity index (χ1) is 9.26. The molecular weight excluding hydrogens is 240 g/mol. The zero-order valence-electron chi connectivity index (χ0n) is 11.4. The minimum absolute atomic E-state index is 0.136. The Balaban J connectivity index is 2.11. The lowest BCUT2D eigenvalue weighted by atomic mass is 10.00. The van der Waals surface area contributed by atoms with Crippen molar-refractivity contribution in [3.8, 4) is 0 Å². The predicted molar refractivity (Wildman–Crippen MR) is 73.6 cm³/mol. The molecule has 0 saturated heterocycles. The highest BCUT2D eigenvalue weighted by Gasteiger charge is 2.21. The number of nitrogens with two attached hydrogens (primary N) is 1. The van der Waals surface area contributed by atoms with E-state index in [2.05, 4.69) is 10.1 Å². The maximum absolute atomic E-state index is 6.27. The van der Waals surface area contributed by atoms with Gasteiger partial charge < -0.3 is 10.5 Å². The van der Waals surface area contributed by atoms with Crippen LogP contribution in [0.15, 0.2) is 36.7 Å². The van der Waals surface area contributed by atoms with Gasteiger partial charge in [0.15, 0.2) is 0 Å². The molecule has 1 aromatic carbocycles. The van der Waals surface area contributed by atoms with Gasteiger partial charge in [-0.25, -0.2) is 4.98 Å². The normalized spacial score (nSPS) is 14.3. The summed E-state index contributed by atoms with van der Waals surface area (Å²) in [7, 11) is 1.68. The number of rotatable bonds is 6. The third-order valence-corrected chi connectivity index (χ3v) is 3.18. The second-order valence-electron chi connectivity index (χ2n) is 4.43. The number of benzene rings is 1. The minimum Gasteiger partial charge on any atom is -0.375 e. The number of hydrogen-bond acceptors (Lipinski definition) is 4. The fourth-order valence-electron chi connectivity index (χ4n) is 2.23. The van der Waals surface area contributed by atoms with Crippen molar-refractivity contribution in [3.63, 3.8) is 0 Å². The van der Waals surface area contributed by atoms with Crippen LogP contribution < -0.4 is 5.73 Å². The number of aromatic nitrogens is 3. The SMILES string of the molecule is CCn1ncnc1CC(N)C(OC)c1ccccc1. The third kappa shape index (κ3) is 3.19. The van der Waals surface area contributed by atoms with E-state index in [-0.39, 0.29) is 12.1 Å². The molecule has 19 heavy (non-hydrogen) atoms. The summed E-state index contributed by atoms with van der Waals surface area (Å²) in [6, 6.07) is 9.86. The molecule has 2 aromatic rings. The summed E-state index contributed by atoms with van der Waals surface area (Å²) >= 11 is 0. The Morgan fingerprint density at radius 3 is 2.68 bits per heavy atom. The fourth-order valence-corrected chi connectivity index (χ4v) is 2.23. The minimum atomic E-state index is -0.151. The monoisotopic (exact) mass is 260 g/mol. The fraction of sp³-hybridized carbons (Fsp3) is 0.429. The molecule has 0 spiro atoms. The molecule has 0 saturated carbocycles. The highest BCUT2D eigenvalue weighted by molar-refractivity contribution is 5.19. The number of nitrogens with zero attached hydrogens (tertiary/aromatic N) is 3. The average molecular weight is 260 g/mol. The number of aryl methyl sites for hydroxylation is 1. The Morgan fingerprint density at radius 2 is 2.05 bits per heavy atom. The quantitative estimate of drug-likeness (QED) is 0.856. The van der Waals surface area contributed by atoms with Crippen molar-refractivity contribution in [1.29, 1.82) is 0 Å². The molecule has 1 aromatic heterocycles. The Morgan fingerprint density at radius 1 is 1.32 bits per heavy atom. The summed E-state index contributed by atoms with van der Waals surface area (Å²) < 4.78 is 7.40. The summed E-state index contributed by atoms with van der Waals surface area (Å²) in [5.41, 5.74) is 7.35. The standard InChI is InChI=1S/C14H20N4O/c1-3-18-13(16-10-17-18)9-12(15)14(19-2)11-7-5-4-6-8-11/h4-8,10,12,14H,3,9,15H2,1-2H3. The van der Waals surface area contributed by atoms with E-state index in [4.69, 9.17) is 10.5 Å². The zero-order chi connectivity index (χ0) is 13.7. The first kappa shape index (κ1) is 13.7. The highest BCUT2D eigenvalue weighted by Crippen LogP contribution is 2.21. The molecule has 0 amide bonds. The van der Waals surface area contributed by atoms with Gasteiger partial charge in [-0.05, 0) is 12.5 Å². The average Bonchev–Trinajstić information content (AvgIpc) is 2.88. The van der Waals surface area contributed by atoms with Crippen LogP contribution in [0.3, 0.4) is 0 Å². The van der Waals surface area contributed by atoms with Gasteiger partial charge in [-0.3, -0.25) is 4.68 Å². The van der Waals surface area contributed by atoms with Crippen molar-refractivity contribution < 1.29 is 4.74 Å². The molecule has 0 aliphatic heterocycles.